The third-order valence-corrected chi connectivity index (χ3v) is 1.10. The van der Waals surface area contributed by atoms with E-state index in [9.17, 15) is 0 Å². The Morgan fingerprint density at radius 1 is 1.50 bits per heavy atom. The number of rotatable bonds is 3. The Balaban J connectivity index is 3.26. The molecule has 0 rings (SSSR count). The zero-order valence-corrected chi connectivity index (χ0v) is 5.78. The Morgan fingerprint density at radius 3 is 2.50 bits per heavy atom. The van der Waals surface area contributed by atoms with Gasteiger partial charge in [-0.05, 0) is 12.8 Å². The fourth-order valence-electron chi connectivity index (χ4n) is 0.474. The predicted molar refractivity (Wildman–Crippen MR) is 37.5 cm³/mol. The molecule has 48 valence electrons. The van der Waals surface area contributed by atoms with Gasteiger partial charge in [0.2, 0.25) is 0 Å². The first-order chi connectivity index (χ1) is 3.81. The molecule has 0 aliphatic heterocycles. The molecular weight excluding hydrogens is 98.1 g/mol. The van der Waals surface area contributed by atoms with Gasteiger partial charge < -0.3 is 5.73 Å². The van der Waals surface area contributed by atoms with Crippen LogP contribution in [0, 0.1) is 0 Å². The lowest BCUT2D eigenvalue weighted by Gasteiger charge is -1.91. The summed E-state index contributed by atoms with van der Waals surface area (Å²) < 4.78 is 0. The van der Waals surface area contributed by atoms with Crippen LogP contribution in [0.1, 0.15) is 33.1 Å². The standard InChI is InChI=1S/C7H15N/c1-3-5-6-7(8)4-2/h6H,3-5,8H2,1-2H3. The molecule has 0 unspecified atom stereocenters. The molecule has 0 saturated carbocycles. The van der Waals surface area contributed by atoms with Crippen LogP contribution in [-0.2, 0) is 0 Å². The van der Waals surface area contributed by atoms with Crippen molar-refractivity contribution in [3.05, 3.63) is 11.8 Å². The highest BCUT2D eigenvalue weighted by Crippen LogP contribution is 1.95. The lowest BCUT2D eigenvalue weighted by atomic mass is 10.2. The van der Waals surface area contributed by atoms with Crippen molar-refractivity contribution in [2.75, 3.05) is 0 Å². The average Bonchev–Trinajstić information content (AvgIpc) is 1.83. The largest absolute Gasteiger partial charge is 0.402 e. The Labute approximate surface area is 51.6 Å². The molecule has 0 fully saturated rings. The highest BCUT2D eigenvalue weighted by Gasteiger charge is 1.80. The molecule has 0 atom stereocenters. The topological polar surface area (TPSA) is 26.0 Å². The van der Waals surface area contributed by atoms with Gasteiger partial charge in [-0.1, -0.05) is 26.3 Å². The highest BCUT2D eigenvalue weighted by atomic mass is 14.6. The first-order valence-corrected chi connectivity index (χ1v) is 3.25. The van der Waals surface area contributed by atoms with Gasteiger partial charge in [0, 0.05) is 5.70 Å². The zero-order chi connectivity index (χ0) is 6.41. The third-order valence-electron chi connectivity index (χ3n) is 1.10. The molecule has 0 radical (unpaired) electrons. The van der Waals surface area contributed by atoms with Crippen LogP contribution in [0.4, 0.5) is 0 Å². The van der Waals surface area contributed by atoms with Gasteiger partial charge in [0.15, 0.2) is 0 Å². The van der Waals surface area contributed by atoms with E-state index in [1.165, 1.54) is 6.42 Å². The minimum atomic E-state index is 0.986. The van der Waals surface area contributed by atoms with Gasteiger partial charge >= 0.3 is 0 Å². The summed E-state index contributed by atoms with van der Waals surface area (Å²) in [5.74, 6) is 0. The molecule has 2 N–H and O–H groups in total. The van der Waals surface area contributed by atoms with E-state index in [0.29, 0.717) is 0 Å². The van der Waals surface area contributed by atoms with Crippen molar-refractivity contribution in [1.29, 1.82) is 0 Å². The molecule has 0 amide bonds. The predicted octanol–water partition coefficient (Wildman–Crippen LogP) is 2.04. The summed E-state index contributed by atoms with van der Waals surface area (Å²) in [4.78, 5) is 0. The van der Waals surface area contributed by atoms with Crippen molar-refractivity contribution in [2.45, 2.75) is 33.1 Å². The van der Waals surface area contributed by atoms with Crippen LogP contribution in [0.5, 0.6) is 0 Å². The lowest BCUT2D eigenvalue weighted by molar-refractivity contribution is 0.927. The number of hydrogen-bond donors (Lipinski definition) is 1. The van der Waals surface area contributed by atoms with E-state index in [1.807, 2.05) is 0 Å². The summed E-state index contributed by atoms with van der Waals surface area (Å²) in [6, 6.07) is 0. The number of nitrogens with two attached hydrogens (primary N) is 1. The summed E-state index contributed by atoms with van der Waals surface area (Å²) in [7, 11) is 0. The monoisotopic (exact) mass is 113 g/mol. The molecule has 0 aliphatic carbocycles. The second kappa shape index (κ2) is 4.69. The van der Waals surface area contributed by atoms with E-state index in [1.54, 1.807) is 0 Å². The average molecular weight is 113 g/mol. The van der Waals surface area contributed by atoms with Crippen molar-refractivity contribution in [3.63, 3.8) is 0 Å². The highest BCUT2D eigenvalue weighted by molar-refractivity contribution is 4.94. The van der Waals surface area contributed by atoms with Gasteiger partial charge in [0.25, 0.3) is 0 Å². The summed E-state index contributed by atoms with van der Waals surface area (Å²) >= 11 is 0. The van der Waals surface area contributed by atoms with Crippen LogP contribution in [0.3, 0.4) is 0 Å². The van der Waals surface area contributed by atoms with Gasteiger partial charge in [0.1, 0.15) is 0 Å². The SMILES string of the molecule is CCCC=C(N)CC. The van der Waals surface area contributed by atoms with Crippen LogP contribution in [0.2, 0.25) is 0 Å². The van der Waals surface area contributed by atoms with E-state index >= 15 is 0 Å². The second-order valence-electron chi connectivity index (χ2n) is 1.92. The zero-order valence-electron chi connectivity index (χ0n) is 5.78. The Kier molecular flexibility index (Phi) is 4.42. The normalized spacial score (nSPS) is 12.0. The van der Waals surface area contributed by atoms with Crippen LogP contribution in [-0.4, -0.2) is 0 Å². The van der Waals surface area contributed by atoms with Gasteiger partial charge in [0.05, 0.1) is 0 Å². The molecule has 0 aromatic heterocycles. The Bertz CT molecular complexity index is 74.5. The summed E-state index contributed by atoms with van der Waals surface area (Å²) in [6.07, 6.45) is 5.40. The molecule has 0 aromatic rings. The van der Waals surface area contributed by atoms with Crippen molar-refractivity contribution >= 4 is 0 Å². The van der Waals surface area contributed by atoms with Crippen LogP contribution >= 0.6 is 0 Å². The Morgan fingerprint density at radius 2 is 2.12 bits per heavy atom. The Hall–Kier alpha value is -0.460. The van der Waals surface area contributed by atoms with Crippen LogP contribution in [0.15, 0.2) is 11.8 Å². The molecule has 0 saturated heterocycles. The van der Waals surface area contributed by atoms with E-state index in [4.69, 9.17) is 5.73 Å². The van der Waals surface area contributed by atoms with E-state index in [2.05, 4.69) is 19.9 Å². The van der Waals surface area contributed by atoms with Crippen molar-refractivity contribution in [2.24, 2.45) is 5.73 Å². The van der Waals surface area contributed by atoms with Gasteiger partial charge in [-0.3, -0.25) is 0 Å². The maximum absolute atomic E-state index is 5.52. The molecule has 1 nitrogen and oxygen atoms in total. The fraction of sp³-hybridized carbons (Fsp3) is 0.714. The fourth-order valence-corrected chi connectivity index (χ4v) is 0.474. The minimum Gasteiger partial charge on any atom is -0.402 e. The van der Waals surface area contributed by atoms with E-state index < -0.39 is 0 Å². The minimum absolute atomic E-state index is 0.986. The number of hydrogen-bond acceptors (Lipinski definition) is 1. The maximum Gasteiger partial charge on any atom is 0.00371 e. The van der Waals surface area contributed by atoms with Gasteiger partial charge in [-0.2, -0.15) is 0 Å². The molecule has 0 aliphatic rings. The second-order valence-corrected chi connectivity index (χ2v) is 1.92. The molecule has 0 heterocycles. The summed E-state index contributed by atoms with van der Waals surface area (Å²) in [5, 5.41) is 0. The first-order valence-electron chi connectivity index (χ1n) is 3.25. The molecule has 1 heteroatoms. The third kappa shape index (κ3) is 3.72. The van der Waals surface area contributed by atoms with Crippen molar-refractivity contribution < 1.29 is 0 Å². The molecule has 0 spiro atoms. The van der Waals surface area contributed by atoms with Crippen LogP contribution < -0.4 is 5.73 Å². The van der Waals surface area contributed by atoms with E-state index in [0.717, 1.165) is 18.5 Å². The quantitative estimate of drug-likeness (QED) is 0.595. The molecule has 0 aromatic carbocycles. The lowest BCUT2D eigenvalue weighted by Crippen LogP contribution is -1.93. The number of unbranched alkanes of at least 4 members (excludes halogenated alkanes) is 1. The molecular formula is C7H15N. The van der Waals surface area contributed by atoms with Crippen molar-refractivity contribution in [1.82, 2.24) is 0 Å². The van der Waals surface area contributed by atoms with E-state index in [-0.39, 0.29) is 0 Å². The summed E-state index contributed by atoms with van der Waals surface area (Å²) in [5.41, 5.74) is 6.54. The van der Waals surface area contributed by atoms with Gasteiger partial charge in [-0.25, -0.2) is 0 Å². The smallest absolute Gasteiger partial charge is 0.00371 e. The van der Waals surface area contributed by atoms with Gasteiger partial charge in [-0.15, -0.1) is 0 Å². The molecule has 0 bridgehead atoms. The molecule has 8 heavy (non-hydrogen) atoms. The summed E-state index contributed by atoms with van der Waals surface area (Å²) in [6.45, 7) is 4.22. The van der Waals surface area contributed by atoms with Crippen LogP contribution in [0.25, 0.3) is 0 Å². The first kappa shape index (κ1) is 7.54. The number of allylic oxidation sites excluding steroid dienone is 2. The van der Waals surface area contributed by atoms with Crippen molar-refractivity contribution in [3.8, 4) is 0 Å². The maximum atomic E-state index is 5.52.